The monoisotopic (exact) mass is 833 g/mol. The highest BCUT2D eigenvalue weighted by atomic mass is 35.5. The van der Waals surface area contributed by atoms with Gasteiger partial charge in [-0.3, -0.25) is 14.4 Å². The second-order valence-electron chi connectivity index (χ2n) is 14.6. The summed E-state index contributed by atoms with van der Waals surface area (Å²) in [4.78, 5) is 77.0. The van der Waals surface area contributed by atoms with Crippen LogP contribution in [-0.2, 0) is 29.4 Å². The van der Waals surface area contributed by atoms with E-state index in [0.717, 1.165) is 12.7 Å². The molecule has 17 nitrogen and oxygen atoms in total. The van der Waals surface area contributed by atoms with Gasteiger partial charge in [-0.2, -0.15) is 28.1 Å². The van der Waals surface area contributed by atoms with E-state index in [1.54, 1.807) is 32.9 Å². The number of likely N-dealkylation sites (tertiary alicyclic amines) is 1. The van der Waals surface area contributed by atoms with E-state index in [9.17, 15) is 37.1 Å². The number of aromatic nitrogens is 3. The van der Waals surface area contributed by atoms with E-state index in [1.165, 1.54) is 29.2 Å². The van der Waals surface area contributed by atoms with Crippen LogP contribution < -0.4 is 31.3 Å². The van der Waals surface area contributed by atoms with Gasteiger partial charge in [0.05, 0.1) is 12.6 Å². The summed E-state index contributed by atoms with van der Waals surface area (Å²) in [6.45, 7) is 3.80. The second-order valence-corrected chi connectivity index (χ2v) is 15.0. The van der Waals surface area contributed by atoms with Gasteiger partial charge in [0.2, 0.25) is 11.9 Å². The van der Waals surface area contributed by atoms with Crippen molar-refractivity contribution in [2.24, 2.45) is 0 Å². The maximum atomic E-state index is 13.1. The van der Waals surface area contributed by atoms with Crippen molar-refractivity contribution in [2.45, 2.75) is 75.9 Å². The Morgan fingerprint density at radius 1 is 0.914 bits per heavy atom. The first-order valence-corrected chi connectivity index (χ1v) is 18.5. The van der Waals surface area contributed by atoms with Crippen LogP contribution in [-0.4, -0.2) is 107 Å². The molecule has 4 amide bonds. The summed E-state index contributed by atoms with van der Waals surface area (Å²) in [5, 5.41) is 14.0. The van der Waals surface area contributed by atoms with Crippen molar-refractivity contribution in [1.82, 2.24) is 35.8 Å². The van der Waals surface area contributed by atoms with Crippen LogP contribution in [0.15, 0.2) is 48.5 Å². The predicted molar refractivity (Wildman–Crippen MR) is 202 cm³/mol. The Morgan fingerprint density at radius 2 is 1.55 bits per heavy atom. The van der Waals surface area contributed by atoms with Crippen LogP contribution in [0.5, 0.6) is 6.01 Å². The molecule has 1 atom stereocenters. The Morgan fingerprint density at radius 3 is 2.14 bits per heavy atom. The molecule has 1 aliphatic heterocycles. The number of halogens is 4. The van der Waals surface area contributed by atoms with Gasteiger partial charge < -0.3 is 45.7 Å². The van der Waals surface area contributed by atoms with Gasteiger partial charge in [-0.05, 0) is 88.4 Å². The number of carbonyl (C=O) groups excluding carboxylic acids is 5. The minimum Gasteiger partial charge on any atom is -0.467 e. The van der Waals surface area contributed by atoms with Gasteiger partial charge in [-0.1, -0.05) is 23.7 Å². The fraction of sp³-hybridized carbons (Fsp3) is 0.459. The molecular weight excluding hydrogens is 791 g/mol. The minimum atomic E-state index is -4.65. The van der Waals surface area contributed by atoms with Gasteiger partial charge in [0, 0.05) is 41.9 Å². The van der Waals surface area contributed by atoms with Gasteiger partial charge in [0.15, 0.2) is 6.61 Å². The van der Waals surface area contributed by atoms with Crippen molar-refractivity contribution in [1.29, 1.82) is 0 Å². The van der Waals surface area contributed by atoms with Crippen molar-refractivity contribution in [3.63, 3.8) is 0 Å². The van der Waals surface area contributed by atoms with Crippen LogP contribution >= 0.6 is 11.6 Å². The number of anilines is 3. The molecule has 1 aliphatic carbocycles. The number of esters is 1. The highest BCUT2D eigenvalue weighted by Crippen LogP contribution is 2.48. The van der Waals surface area contributed by atoms with Crippen LogP contribution in [0.25, 0.3) is 0 Å². The third kappa shape index (κ3) is 12.5. The number of hydrogen-bond acceptors (Lipinski definition) is 13. The molecule has 0 spiro atoms. The Balaban J connectivity index is 1.17. The van der Waals surface area contributed by atoms with E-state index in [1.807, 2.05) is 12.1 Å². The number of piperidine rings is 1. The first-order valence-electron chi connectivity index (χ1n) is 18.1. The fourth-order valence-corrected chi connectivity index (χ4v) is 5.87. The summed E-state index contributed by atoms with van der Waals surface area (Å²) < 4.78 is 53.9. The number of carbonyl (C=O) groups is 5. The molecular formula is C37H43ClF3N9O8. The lowest BCUT2D eigenvalue weighted by Gasteiger charge is -2.33. The molecule has 312 valence electrons. The lowest BCUT2D eigenvalue weighted by atomic mass is 10.1. The lowest BCUT2D eigenvalue weighted by Crippen LogP contribution is -2.53. The summed E-state index contributed by atoms with van der Waals surface area (Å²) in [6.07, 6.45) is -2.93. The van der Waals surface area contributed by atoms with Gasteiger partial charge in [-0.25, -0.2) is 9.59 Å². The largest absolute Gasteiger partial charge is 0.467 e. The Labute approximate surface area is 336 Å². The first-order chi connectivity index (χ1) is 27.3. The molecule has 2 fully saturated rings. The number of benzene rings is 2. The van der Waals surface area contributed by atoms with Gasteiger partial charge in [0.1, 0.15) is 11.6 Å². The molecule has 5 N–H and O–H groups in total. The van der Waals surface area contributed by atoms with E-state index < -0.39 is 72.3 Å². The van der Waals surface area contributed by atoms with E-state index >= 15 is 0 Å². The Bertz CT molecular complexity index is 1970. The molecule has 21 heteroatoms. The zero-order valence-corrected chi connectivity index (χ0v) is 32.8. The normalized spacial score (nSPS) is 15.6. The third-order valence-corrected chi connectivity index (χ3v) is 9.08. The standard InChI is InChI=1S/C37H43ClF3N9O8/c1-35(2,3)58-34(55)50-17-13-25(14-18-50)43-29(53)28(52)42-19-26(30(54)56-4)45-27(51)21-5-11-24(12-6-21)44-31-46-32(48-33(47-31)57-20-37(39,40)41)49-36(15-16-36)22-7-9-23(38)10-8-22/h5-12,25-26H,13-20H2,1-4H3,(H,42,52)(H,43,53)(H,45,51)(H2,44,46,47,48,49). The third-order valence-electron chi connectivity index (χ3n) is 8.83. The zero-order chi connectivity index (χ0) is 42.3. The average molecular weight is 834 g/mol. The number of amides is 4. The van der Waals surface area contributed by atoms with Crippen LogP contribution in [0.4, 0.5) is 35.5 Å². The van der Waals surface area contributed by atoms with Gasteiger partial charge in [0.25, 0.3) is 5.91 Å². The maximum absolute atomic E-state index is 13.1. The topological polar surface area (TPSA) is 215 Å². The summed E-state index contributed by atoms with van der Waals surface area (Å²) in [6, 6.07) is 10.4. The number of rotatable bonds is 13. The number of ether oxygens (including phenoxy) is 3. The molecule has 58 heavy (non-hydrogen) atoms. The Hall–Kier alpha value is -5.92. The molecule has 1 saturated heterocycles. The molecule has 0 radical (unpaired) electrons. The van der Waals surface area contributed by atoms with Crippen molar-refractivity contribution >= 4 is 59.0 Å². The van der Waals surface area contributed by atoms with Crippen LogP contribution in [0.3, 0.4) is 0 Å². The number of nitrogens with zero attached hydrogens (tertiary/aromatic N) is 4. The van der Waals surface area contributed by atoms with Crippen molar-refractivity contribution < 1.29 is 51.4 Å². The van der Waals surface area contributed by atoms with E-state index in [0.29, 0.717) is 49.5 Å². The number of methoxy groups -OCH3 is 1. The molecule has 2 heterocycles. The van der Waals surface area contributed by atoms with E-state index in [4.69, 9.17) is 25.8 Å². The van der Waals surface area contributed by atoms with E-state index in [-0.39, 0.29) is 23.5 Å². The highest BCUT2D eigenvalue weighted by molar-refractivity contribution is 6.35. The minimum absolute atomic E-state index is 0.0443. The zero-order valence-electron chi connectivity index (χ0n) is 32.0. The van der Waals surface area contributed by atoms with Gasteiger partial charge in [-0.15, -0.1) is 0 Å². The molecule has 5 rings (SSSR count). The van der Waals surface area contributed by atoms with Gasteiger partial charge >= 0.3 is 36.1 Å². The van der Waals surface area contributed by atoms with Crippen molar-refractivity contribution in [2.75, 3.05) is 44.0 Å². The Kier molecular flexibility index (Phi) is 13.5. The molecule has 3 aromatic rings. The molecule has 0 bridgehead atoms. The van der Waals surface area contributed by atoms with Crippen LogP contribution in [0.2, 0.25) is 5.02 Å². The second kappa shape index (κ2) is 18.1. The maximum Gasteiger partial charge on any atom is 0.422 e. The summed E-state index contributed by atoms with van der Waals surface area (Å²) in [5.41, 5.74) is 0.0617. The van der Waals surface area contributed by atoms with Crippen molar-refractivity contribution in [3.8, 4) is 6.01 Å². The smallest absolute Gasteiger partial charge is 0.422 e. The predicted octanol–water partition coefficient (Wildman–Crippen LogP) is 4.21. The lowest BCUT2D eigenvalue weighted by molar-refractivity contribution is -0.154. The van der Waals surface area contributed by atoms with E-state index in [2.05, 4.69) is 41.5 Å². The molecule has 2 aliphatic rings. The number of nitrogens with one attached hydrogen (secondary N) is 5. The van der Waals surface area contributed by atoms with Crippen LogP contribution in [0.1, 0.15) is 62.4 Å². The van der Waals surface area contributed by atoms with Crippen molar-refractivity contribution in [3.05, 3.63) is 64.7 Å². The summed E-state index contributed by atoms with van der Waals surface area (Å²) in [7, 11) is 1.09. The number of hydrogen-bond donors (Lipinski definition) is 5. The molecule has 1 aromatic heterocycles. The average Bonchev–Trinajstić information content (AvgIpc) is 3.95. The highest BCUT2D eigenvalue weighted by Gasteiger charge is 2.45. The SMILES string of the molecule is COC(=O)C(CNC(=O)C(=O)NC1CCN(C(=O)OC(C)(C)C)CC1)NC(=O)c1ccc(Nc2nc(NC3(c4ccc(Cl)cc4)CC3)nc(OCC(F)(F)F)n2)cc1. The fourth-order valence-electron chi connectivity index (χ4n) is 5.74. The quantitative estimate of drug-likeness (QED) is 0.121. The molecule has 1 unspecified atom stereocenters. The summed E-state index contributed by atoms with van der Waals surface area (Å²) >= 11 is 6.03. The van der Waals surface area contributed by atoms with Crippen LogP contribution in [0, 0.1) is 0 Å². The number of alkyl halides is 3. The molecule has 1 saturated carbocycles. The first kappa shape index (κ1) is 43.2. The molecule has 2 aromatic carbocycles. The summed E-state index contributed by atoms with van der Waals surface area (Å²) in [5.74, 6) is -3.83.